The molecule has 0 saturated carbocycles. The Kier molecular flexibility index (Phi) is 2.25. The minimum absolute atomic E-state index is 0.413. The second kappa shape index (κ2) is 3.56. The Bertz CT molecular complexity index is 323. The van der Waals surface area contributed by atoms with E-state index in [1.807, 2.05) is 12.3 Å². The van der Waals surface area contributed by atoms with Gasteiger partial charge in [0.15, 0.2) is 0 Å². The van der Waals surface area contributed by atoms with Crippen molar-refractivity contribution in [2.24, 2.45) is 0 Å². The Morgan fingerprint density at radius 1 is 1.31 bits per heavy atom. The standard InChI is InChI=1S/C10H11NO2/c12-7-13-10-5-8-3-1-2-4-9(8)6-11-10/h5-7H,1-4H2. The van der Waals surface area contributed by atoms with E-state index in [1.54, 1.807) is 0 Å². The monoisotopic (exact) mass is 177 g/mol. The molecule has 0 aromatic carbocycles. The zero-order chi connectivity index (χ0) is 9.10. The van der Waals surface area contributed by atoms with E-state index >= 15 is 0 Å². The van der Waals surface area contributed by atoms with Gasteiger partial charge in [0.1, 0.15) is 0 Å². The second-order valence-electron chi connectivity index (χ2n) is 3.21. The molecule has 3 nitrogen and oxygen atoms in total. The maximum Gasteiger partial charge on any atom is 0.299 e. The predicted octanol–water partition coefficient (Wildman–Crippen LogP) is 1.50. The summed E-state index contributed by atoms with van der Waals surface area (Å²) in [5, 5.41) is 0. The van der Waals surface area contributed by atoms with Crippen molar-refractivity contribution in [1.82, 2.24) is 4.98 Å². The van der Waals surface area contributed by atoms with Crippen LogP contribution in [-0.2, 0) is 17.6 Å². The summed E-state index contributed by atoms with van der Waals surface area (Å²) in [5.74, 6) is 0.413. The van der Waals surface area contributed by atoms with Crippen LogP contribution >= 0.6 is 0 Å². The molecule has 0 bridgehead atoms. The van der Waals surface area contributed by atoms with Crippen LogP contribution in [0, 0.1) is 0 Å². The van der Waals surface area contributed by atoms with Gasteiger partial charge in [-0.05, 0) is 36.8 Å². The minimum atomic E-state index is 0.413. The molecule has 1 aromatic rings. The molecule has 0 saturated heterocycles. The Balaban J connectivity index is 2.29. The lowest BCUT2D eigenvalue weighted by atomic mass is 9.94. The number of ether oxygens (including phenoxy) is 1. The molecule has 0 amide bonds. The van der Waals surface area contributed by atoms with Crippen LogP contribution in [0.3, 0.4) is 0 Å². The van der Waals surface area contributed by atoms with Crippen LogP contribution in [-0.4, -0.2) is 11.5 Å². The molecule has 1 heterocycles. The molecule has 2 rings (SSSR count). The molecule has 0 N–H and O–H groups in total. The van der Waals surface area contributed by atoms with Gasteiger partial charge in [0.05, 0.1) is 0 Å². The van der Waals surface area contributed by atoms with Crippen LogP contribution in [0.2, 0.25) is 0 Å². The first-order valence-electron chi connectivity index (χ1n) is 4.48. The molecule has 1 aliphatic rings. The highest BCUT2D eigenvalue weighted by atomic mass is 16.5. The number of rotatable bonds is 2. The highest BCUT2D eigenvalue weighted by Gasteiger charge is 2.10. The van der Waals surface area contributed by atoms with Crippen LogP contribution < -0.4 is 4.74 Å². The predicted molar refractivity (Wildman–Crippen MR) is 47.6 cm³/mol. The fraction of sp³-hybridized carbons (Fsp3) is 0.400. The largest absolute Gasteiger partial charge is 0.410 e. The van der Waals surface area contributed by atoms with Crippen molar-refractivity contribution in [3.8, 4) is 5.88 Å². The van der Waals surface area contributed by atoms with Crippen molar-refractivity contribution in [3.63, 3.8) is 0 Å². The highest BCUT2D eigenvalue weighted by molar-refractivity contribution is 5.44. The summed E-state index contributed by atoms with van der Waals surface area (Å²) in [5.41, 5.74) is 2.57. The van der Waals surface area contributed by atoms with Gasteiger partial charge in [0.2, 0.25) is 5.88 Å². The van der Waals surface area contributed by atoms with E-state index < -0.39 is 0 Å². The first-order chi connectivity index (χ1) is 6.40. The quantitative estimate of drug-likeness (QED) is 0.642. The Morgan fingerprint density at radius 3 is 2.85 bits per heavy atom. The molecule has 68 valence electrons. The molecule has 13 heavy (non-hydrogen) atoms. The minimum Gasteiger partial charge on any atom is -0.410 e. The number of fused-ring (bicyclic) bond motifs is 1. The van der Waals surface area contributed by atoms with Gasteiger partial charge >= 0.3 is 0 Å². The fourth-order valence-corrected chi connectivity index (χ4v) is 1.71. The average Bonchev–Trinajstić information content (AvgIpc) is 2.18. The van der Waals surface area contributed by atoms with Crippen molar-refractivity contribution >= 4 is 6.47 Å². The number of aromatic nitrogens is 1. The molecule has 0 unspecified atom stereocenters. The van der Waals surface area contributed by atoms with Gasteiger partial charge in [-0.2, -0.15) is 0 Å². The van der Waals surface area contributed by atoms with Gasteiger partial charge in [-0.25, -0.2) is 4.98 Å². The van der Waals surface area contributed by atoms with Crippen molar-refractivity contribution in [3.05, 3.63) is 23.4 Å². The topological polar surface area (TPSA) is 39.2 Å². The molecular weight excluding hydrogens is 166 g/mol. The number of hydrogen-bond donors (Lipinski definition) is 0. The number of aryl methyl sites for hydroxylation is 2. The Labute approximate surface area is 76.7 Å². The third-order valence-corrected chi connectivity index (χ3v) is 2.37. The molecule has 0 fully saturated rings. The third kappa shape index (κ3) is 1.69. The Morgan fingerprint density at radius 2 is 2.08 bits per heavy atom. The van der Waals surface area contributed by atoms with Gasteiger partial charge in [0, 0.05) is 12.3 Å². The average molecular weight is 177 g/mol. The number of carbonyl (C=O) groups excluding carboxylic acids is 1. The van der Waals surface area contributed by atoms with E-state index in [2.05, 4.69) is 9.72 Å². The second-order valence-corrected chi connectivity index (χ2v) is 3.21. The zero-order valence-corrected chi connectivity index (χ0v) is 7.32. The van der Waals surface area contributed by atoms with Crippen LogP contribution in [0.15, 0.2) is 12.3 Å². The van der Waals surface area contributed by atoms with E-state index in [1.165, 1.54) is 24.0 Å². The fourth-order valence-electron chi connectivity index (χ4n) is 1.71. The normalized spacial score (nSPS) is 14.8. The van der Waals surface area contributed by atoms with Crippen molar-refractivity contribution in [2.75, 3.05) is 0 Å². The first kappa shape index (κ1) is 8.23. The lowest BCUT2D eigenvalue weighted by Crippen LogP contribution is -2.04. The maximum absolute atomic E-state index is 10.1. The van der Waals surface area contributed by atoms with Crippen molar-refractivity contribution in [2.45, 2.75) is 25.7 Å². The summed E-state index contributed by atoms with van der Waals surface area (Å²) in [6, 6.07) is 1.86. The number of pyridine rings is 1. The molecule has 0 radical (unpaired) electrons. The molecular formula is C10H11NO2. The van der Waals surface area contributed by atoms with Gasteiger partial charge in [-0.3, -0.25) is 4.79 Å². The SMILES string of the molecule is O=COc1cc2c(cn1)CCCC2. The summed E-state index contributed by atoms with van der Waals surface area (Å²) in [7, 11) is 0. The van der Waals surface area contributed by atoms with Crippen molar-refractivity contribution in [1.29, 1.82) is 0 Å². The lowest BCUT2D eigenvalue weighted by Gasteiger charge is -2.14. The van der Waals surface area contributed by atoms with Gasteiger partial charge < -0.3 is 4.74 Å². The van der Waals surface area contributed by atoms with E-state index in [0.717, 1.165) is 12.8 Å². The lowest BCUT2D eigenvalue weighted by molar-refractivity contribution is -0.120. The maximum atomic E-state index is 10.1. The smallest absolute Gasteiger partial charge is 0.299 e. The molecule has 1 aliphatic carbocycles. The van der Waals surface area contributed by atoms with Crippen LogP contribution in [0.1, 0.15) is 24.0 Å². The molecule has 3 heteroatoms. The van der Waals surface area contributed by atoms with Gasteiger partial charge in [-0.15, -0.1) is 0 Å². The zero-order valence-electron chi connectivity index (χ0n) is 7.32. The van der Waals surface area contributed by atoms with Crippen molar-refractivity contribution < 1.29 is 9.53 Å². The summed E-state index contributed by atoms with van der Waals surface area (Å²) in [6.07, 6.45) is 6.45. The molecule has 0 spiro atoms. The van der Waals surface area contributed by atoms with E-state index in [0.29, 0.717) is 12.4 Å². The van der Waals surface area contributed by atoms with Crippen LogP contribution in [0.4, 0.5) is 0 Å². The highest BCUT2D eigenvalue weighted by Crippen LogP contribution is 2.22. The first-order valence-corrected chi connectivity index (χ1v) is 4.48. The van der Waals surface area contributed by atoms with E-state index in [-0.39, 0.29) is 0 Å². The summed E-state index contributed by atoms with van der Waals surface area (Å²) in [6.45, 7) is 0.414. The van der Waals surface area contributed by atoms with Gasteiger partial charge in [0.25, 0.3) is 6.47 Å². The summed E-state index contributed by atoms with van der Waals surface area (Å²) >= 11 is 0. The number of hydrogen-bond acceptors (Lipinski definition) is 3. The molecule has 0 aliphatic heterocycles. The number of nitrogens with zero attached hydrogens (tertiary/aromatic N) is 1. The molecule has 0 atom stereocenters. The van der Waals surface area contributed by atoms with Crippen LogP contribution in [0.5, 0.6) is 5.88 Å². The summed E-state index contributed by atoms with van der Waals surface area (Å²) in [4.78, 5) is 14.1. The van der Waals surface area contributed by atoms with E-state index in [9.17, 15) is 4.79 Å². The van der Waals surface area contributed by atoms with Crippen LogP contribution in [0.25, 0.3) is 0 Å². The summed E-state index contributed by atoms with van der Waals surface area (Å²) < 4.78 is 4.68. The number of carbonyl (C=O) groups is 1. The van der Waals surface area contributed by atoms with E-state index in [4.69, 9.17) is 0 Å². The van der Waals surface area contributed by atoms with Gasteiger partial charge in [-0.1, -0.05) is 0 Å². The third-order valence-electron chi connectivity index (χ3n) is 2.37. The Hall–Kier alpha value is -1.38. The molecule has 1 aromatic heterocycles.